The highest BCUT2D eigenvalue weighted by molar-refractivity contribution is 7.10. The van der Waals surface area contributed by atoms with Gasteiger partial charge in [0.2, 0.25) is 5.91 Å². The normalized spacial score (nSPS) is 26.5. The number of amides is 1. The molecule has 5 nitrogen and oxygen atoms in total. The molecule has 1 aromatic rings. The molecule has 1 amide bonds. The third-order valence-corrected chi connectivity index (χ3v) is 6.70. The zero-order valence-corrected chi connectivity index (χ0v) is 14.9. The van der Waals surface area contributed by atoms with Gasteiger partial charge in [0.25, 0.3) is 0 Å². The van der Waals surface area contributed by atoms with Gasteiger partial charge in [-0.3, -0.25) is 9.59 Å². The molecule has 1 saturated heterocycles. The van der Waals surface area contributed by atoms with Gasteiger partial charge in [-0.2, -0.15) is 0 Å². The highest BCUT2D eigenvalue weighted by atomic mass is 32.1. The Labute approximate surface area is 146 Å². The summed E-state index contributed by atoms with van der Waals surface area (Å²) in [7, 11) is 1.52. The smallest absolute Gasteiger partial charge is 0.313 e. The molecular formula is C18H25NO4S. The Hall–Kier alpha value is -1.40. The fourth-order valence-corrected chi connectivity index (χ4v) is 5.23. The predicted octanol–water partition coefficient (Wildman–Crippen LogP) is 2.90. The van der Waals surface area contributed by atoms with Crippen LogP contribution in [0.4, 0.5) is 0 Å². The van der Waals surface area contributed by atoms with E-state index >= 15 is 0 Å². The number of rotatable bonds is 5. The van der Waals surface area contributed by atoms with E-state index in [1.165, 1.54) is 13.5 Å². The quantitative estimate of drug-likeness (QED) is 0.886. The maximum absolute atomic E-state index is 13.4. The van der Waals surface area contributed by atoms with E-state index in [1.807, 2.05) is 11.4 Å². The molecule has 1 N–H and O–H groups in total. The lowest BCUT2D eigenvalue weighted by molar-refractivity contribution is -0.152. The summed E-state index contributed by atoms with van der Waals surface area (Å²) in [6, 6.07) is 4.06. The van der Waals surface area contributed by atoms with Crippen molar-refractivity contribution in [3.05, 3.63) is 22.4 Å². The Bertz CT molecular complexity index is 594. The molecule has 2 heterocycles. The van der Waals surface area contributed by atoms with Crippen molar-refractivity contribution in [2.45, 2.75) is 43.9 Å². The molecule has 1 aliphatic carbocycles. The van der Waals surface area contributed by atoms with Crippen molar-refractivity contribution in [3.8, 4) is 0 Å². The van der Waals surface area contributed by atoms with Crippen molar-refractivity contribution in [3.63, 3.8) is 0 Å². The predicted molar refractivity (Wildman–Crippen MR) is 92.2 cm³/mol. The van der Waals surface area contributed by atoms with Gasteiger partial charge in [-0.1, -0.05) is 25.3 Å². The minimum atomic E-state index is -0.963. The summed E-state index contributed by atoms with van der Waals surface area (Å²) in [6.07, 6.45) is 5.48. The summed E-state index contributed by atoms with van der Waals surface area (Å²) in [5.41, 5.74) is -1.41. The van der Waals surface area contributed by atoms with Crippen LogP contribution in [0.2, 0.25) is 0 Å². The van der Waals surface area contributed by atoms with Gasteiger partial charge in [-0.05, 0) is 30.7 Å². The largest absolute Gasteiger partial charge is 0.481 e. The number of likely N-dealkylation sites (tertiary alicyclic amines) is 1. The number of carbonyl (C=O) groups is 2. The molecule has 6 heteroatoms. The minimum absolute atomic E-state index is 0.115. The average molecular weight is 351 g/mol. The molecule has 0 radical (unpaired) electrons. The number of carboxylic acids is 1. The first-order chi connectivity index (χ1) is 11.5. The molecule has 1 saturated carbocycles. The number of aliphatic carboxylic acids is 1. The average Bonchev–Trinajstić information content (AvgIpc) is 3.26. The van der Waals surface area contributed by atoms with Gasteiger partial charge in [0.05, 0.1) is 12.0 Å². The standard InChI is InChI=1S/C18H25NO4S/c1-23-13-17(16(21)22)9-10-19(12-17)15(20)18(7-3-2-4-8-18)14-6-5-11-24-14/h5-6,11H,2-4,7-10,12-13H2,1H3,(H,21,22). The number of ether oxygens (including phenoxy) is 1. The number of thiophene rings is 1. The maximum atomic E-state index is 13.4. The zero-order chi connectivity index (χ0) is 17.2. The van der Waals surface area contributed by atoms with E-state index in [0.717, 1.165) is 30.6 Å². The third kappa shape index (κ3) is 2.86. The molecule has 1 unspecified atom stereocenters. The molecule has 132 valence electrons. The number of carboxylic acid groups (broad SMARTS) is 1. The number of nitrogens with zero attached hydrogens (tertiary/aromatic N) is 1. The van der Waals surface area contributed by atoms with E-state index in [-0.39, 0.29) is 19.1 Å². The molecule has 1 aliphatic heterocycles. The van der Waals surface area contributed by atoms with Crippen LogP contribution in [-0.2, 0) is 19.7 Å². The van der Waals surface area contributed by atoms with E-state index < -0.39 is 16.8 Å². The van der Waals surface area contributed by atoms with E-state index in [4.69, 9.17) is 4.74 Å². The van der Waals surface area contributed by atoms with Crippen molar-refractivity contribution in [2.24, 2.45) is 5.41 Å². The van der Waals surface area contributed by atoms with Gasteiger partial charge >= 0.3 is 5.97 Å². The molecule has 2 fully saturated rings. The van der Waals surface area contributed by atoms with Crippen molar-refractivity contribution in [1.29, 1.82) is 0 Å². The van der Waals surface area contributed by atoms with Gasteiger partial charge in [0, 0.05) is 25.1 Å². The van der Waals surface area contributed by atoms with Crippen molar-refractivity contribution in [2.75, 3.05) is 26.8 Å². The summed E-state index contributed by atoms with van der Waals surface area (Å²) >= 11 is 1.64. The van der Waals surface area contributed by atoms with Crippen LogP contribution in [0, 0.1) is 5.41 Å². The highest BCUT2D eigenvalue weighted by Gasteiger charge is 2.51. The summed E-state index contributed by atoms with van der Waals surface area (Å²) in [4.78, 5) is 28.1. The van der Waals surface area contributed by atoms with Crippen LogP contribution in [0.1, 0.15) is 43.4 Å². The van der Waals surface area contributed by atoms with E-state index in [2.05, 4.69) is 6.07 Å². The van der Waals surface area contributed by atoms with E-state index in [0.29, 0.717) is 13.0 Å². The lowest BCUT2D eigenvalue weighted by Gasteiger charge is -2.38. The number of hydrogen-bond acceptors (Lipinski definition) is 4. The van der Waals surface area contributed by atoms with Crippen LogP contribution in [0.3, 0.4) is 0 Å². The second-order valence-corrected chi connectivity index (χ2v) is 8.06. The van der Waals surface area contributed by atoms with Gasteiger partial charge in [0.1, 0.15) is 5.41 Å². The van der Waals surface area contributed by atoms with E-state index in [1.54, 1.807) is 16.2 Å². The first-order valence-corrected chi connectivity index (χ1v) is 9.48. The SMILES string of the molecule is COCC1(C(=O)O)CCN(C(=O)C2(c3cccs3)CCCCC2)C1. The molecule has 0 bridgehead atoms. The molecule has 0 aromatic carbocycles. The van der Waals surface area contributed by atoms with Crippen LogP contribution >= 0.6 is 11.3 Å². The minimum Gasteiger partial charge on any atom is -0.481 e. The van der Waals surface area contributed by atoms with Crippen molar-refractivity contribution < 1.29 is 19.4 Å². The fourth-order valence-electron chi connectivity index (χ4n) is 4.25. The number of carbonyl (C=O) groups excluding carboxylic acids is 1. The third-order valence-electron chi connectivity index (χ3n) is 5.62. The summed E-state index contributed by atoms with van der Waals surface area (Å²) in [5, 5.41) is 11.7. The maximum Gasteiger partial charge on any atom is 0.313 e. The number of hydrogen-bond donors (Lipinski definition) is 1. The Balaban J connectivity index is 1.86. The van der Waals surface area contributed by atoms with Gasteiger partial charge in [-0.15, -0.1) is 11.3 Å². The fraction of sp³-hybridized carbons (Fsp3) is 0.667. The summed E-state index contributed by atoms with van der Waals surface area (Å²) < 4.78 is 5.14. The van der Waals surface area contributed by atoms with Gasteiger partial charge in [0.15, 0.2) is 0 Å². The van der Waals surface area contributed by atoms with Crippen molar-refractivity contribution in [1.82, 2.24) is 4.90 Å². The topological polar surface area (TPSA) is 66.8 Å². The van der Waals surface area contributed by atoms with Crippen LogP contribution < -0.4 is 0 Å². The van der Waals surface area contributed by atoms with Gasteiger partial charge < -0.3 is 14.7 Å². The van der Waals surface area contributed by atoms with Crippen LogP contribution in [0.5, 0.6) is 0 Å². The van der Waals surface area contributed by atoms with Crippen LogP contribution in [-0.4, -0.2) is 48.7 Å². The van der Waals surface area contributed by atoms with E-state index in [9.17, 15) is 14.7 Å². The van der Waals surface area contributed by atoms with Gasteiger partial charge in [-0.25, -0.2) is 0 Å². The Kier molecular flexibility index (Phi) is 4.97. The molecule has 24 heavy (non-hydrogen) atoms. The molecule has 0 spiro atoms. The summed E-state index contributed by atoms with van der Waals surface area (Å²) in [5.74, 6) is -0.752. The first-order valence-electron chi connectivity index (χ1n) is 8.60. The lowest BCUT2D eigenvalue weighted by atomic mass is 9.72. The van der Waals surface area contributed by atoms with Crippen LogP contribution in [0.15, 0.2) is 17.5 Å². The molecule has 1 aromatic heterocycles. The molecule has 2 aliphatic rings. The Morgan fingerprint density at radius 1 is 1.29 bits per heavy atom. The Morgan fingerprint density at radius 2 is 2.04 bits per heavy atom. The molecule has 1 atom stereocenters. The molecule has 3 rings (SSSR count). The Morgan fingerprint density at radius 3 is 2.62 bits per heavy atom. The summed E-state index contributed by atoms with van der Waals surface area (Å²) in [6.45, 7) is 0.905. The highest BCUT2D eigenvalue weighted by Crippen LogP contribution is 2.44. The monoisotopic (exact) mass is 351 g/mol. The lowest BCUT2D eigenvalue weighted by Crippen LogP contribution is -2.48. The second kappa shape index (κ2) is 6.84. The zero-order valence-electron chi connectivity index (χ0n) is 14.1. The molecular weight excluding hydrogens is 326 g/mol. The number of methoxy groups -OCH3 is 1. The van der Waals surface area contributed by atoms with Crippen LogP contribution in [0.25, 0.3) is 0 Å². The van der Waals surface area contributed by atoms with Crippen molar-refractivity contribution >= 4 is 23.2 Å². The second-order valence-electron chi connectivity index (χ2n) is 7.12. The first kappa shape index (κ1) is 17.4.